The first-order valence-electron chi connectivity index (χ1n) is 6.06. The molecule has 20 heavy (non-hydrogen) atoms. The number of benzene rings is 1. The molecule has 0 amide bonds. The largest absolute Gasteiger partial charge is 0.260 e. The Hall–Kier alpha value is -1.79. The lowest BCUT2D eigenvalue weighted by atomic mass is 10.2. The first-order valence-corrected chi connectivity index (χ1v) is 7.54. The summed E-state index contributed by atoms with van der Waals surface area (Å²) in [5.41, 5.74) is 2.09. The molecule has 0 spiro atoms. The molecule has 6 heteroatoms. The molecule has 4 nitrogen and oxygen atoms in total. The zero-order valence-electron chi connectivity index (χ0n) is 11.2. The number of hydrogen-bond acceptors (Lipinski definition) is 3. The summed E-state index contributed by atoms with van der Waals surface area (Å²) in [7, 11) is -3.75. The van der Waals surface area contributed by atoms with Gasteiger partial charge in [-0.05, 0) is 49.2 Å². The molecule has 2 rings (SSSR count). The van der Waals surface area contributed by atoms with Gasteiger partial charge >= 0.3 is 0 Å². The smallest absolute Gasteiger partial charge is 0.241 e. The van der Waals surface area contributed by atoms with Crippen molar-refractivity contribution in [2.24, 2.45) is 0 Å². The van der Waals surface area contributed by atoms with Crippen LogP contribution < -0.4 is 4.72 Å². The minimum absolute atomic E-state index is 0.0740. The molecule has 0 aliphatic rings. The van der Waals surface area contributed by atoms with E-state index in [1.54, 1.807) is 19.2 Å². The average molecular weight is 294 g/mol. The SMILES string of the molecule is Cc1cc(F)cc(S(=O)(=O)NCc2ncccc2C)c1. The highest BCUT2D eigenvalue weighted by molar-refractivity contribution is 7.89. The van der Waals surface area contributed by atoms with E-state index >= 15 is 0 Å². The van der Waals surface area contributed by atoms with Crippen molar-refractivity contribution in [3.63, 3.8) is 0 Å². The van der Waals surface area contributed by atoms with E-state index in [0.29, 0.717) is 11.3 Å². The zero-order chi connectivity index (χ0) is 14.8. The van der Waals surface area contributed by atoms with Gasteiger partial charge in [0.25, 0.3) is 0 Å². The van der Waals surface area contributed by atoms with Crippen LogP contribution in [0.25, 0.3) is 0 Å². The van der Waals surface area contributed by atoms with Crippen LogP contribution in [0.1, 0.15) is 16.8 Å². The molecule has 106 valence electrons. The van der Waals surface area contributed by atoms with Gasteiger partial charge in [-0.15, -0.1) is 0 Å². The van der Waals surface area contributed by atoms with E-state index in [-0.39, 0.29) is 11.4 Å². The molecule has 0 aliphatic heterocycles. The molecule has 0 fully saturated rings. The Morgan fingerprint density at radius 3 is 2.65 bits per heavy atom. The Labute approximate surface area is 117 Å². The standard InChI is InChI=1S/C14H15FN2O2S/c1-10-6-12(15)8-13(7-10)20(18,19)17-9-14-11(2)4-3-5-16-14/h3-8,17H,9H2,1-2H3. The third-order valence-electron chi connectivity index (χ3n) is 2.87. The molecule has 0 unspecified atom stereocenters. The summed E-state index contributed by atoms with van der Waals surface area (Å²) in [6, 6.07) is 7.34. The number of hydrogen-bond donors (Lipinski definition) is 1. The summed E-state index contributed by atoms with van der Waals surface area (Å²) in [5, 5.41) is 0. The predicted octanol–water partition coefficient (Wildman–Crippen LogP) is 2.32. The van der Waals surface area contributed by atoms with Gasteiger partial charge < -0.3 is 0 Å². The van der Waals surface area contributed by atoms with E-state index in [0.717, 1.165) is 11.6 Å². The number of sulfonamides is 1. The summed E-state index contributed by atoms with van der Waals surface area (Å²) < 4.78 is 39.9. The van der Waals surface area contributed by atoms with Gasteiger partial charge in [-0.1, -0.05) is 6.07 Å². The Kier molecular flexibility index (Phi) is 4.15. The fraction of sp³-hybridized carbons (Fsp3) is 0.214. The maximum atomic E-state index is 13.3. The van der Waals surface area contributed by atoms with Crippen LogP contribution in [0, 0.1) is 19.7 Å². The summed E-state index contributed by atoms with van der Waals surface area (Å²) in [6.07, 6.45) is 1.60. The van der Waals surface area contributed by atoms with E-state index in [9.17, 15) is 12.8 Å². The molecular formula is C14H15FN2O2S. The molecule has 0 atom stereocenters. The van der Waals surface area contributed by atoms with Crippen molar-refractivity contribution >= 4 is 10.0 Å². The van der Waals surface area contributed by atoms with Gasteiger partial charge in [0, 0.05) is 6.20 Å². The van der Waals surface area contributed by atoms with Crippen molar-refractivity contribution in [1.82, 2.24) is 9.71 Å². The van der Waals surface area contributed by atoms with Crippen LogP contribution in [0.2, 0.25) is 0 Å². The molecule has 0 radical (unpaired) electrons. The van der Waals surface area contributed by atoms with E-state index < -0.39 is 15.8 Å². The molecule has 1 heterocycles. The highest BCUT2D eigenvalue weighted by atomic mass is 32.2. The van der Waals surface area contributed by atoms with Crippen molar-refractivity contribution in [2.75, 3.05) is 0 Å². The van der Waals surface area contributed by atoms with Gasteiger partial charge in [-0.3, -0.25) is 4.98 Å². The van der Waals surface area contributed by atoms with Gasteiger partial charge in [-0.2, -0.15) is 0 Å². The van der Waals surface area contributed by atoms with Crippen molar-refractivity contribution in [2.45, 2.75) is 25.3 Å². The predicted molar refractivity (Wildman–Crippen MR) is 74.1 cm³/mol. The molecule has 0 bridgehead atoms. The van der Waals surface area contributed by atoms with Crippen LogP contribution in [0.3, 0.4) is 0 Å². The molecule has 0 saturated heterocycles. The summed E-state index contributed by atoms with van der Waals surface area (Å²) >= 11 is 0. The van der Waals surface area contributed by atoms with Gasteiger partial charge in [-0.25, -0.2) is 17.5 Å². The minimum Gasteiger partial charge on any atom is -0.260 e. The number of pyridine rings is 1. The lowest BCUT2D eigenvalue weighted by Gasteiger charge is -2.09. The summed E-state index contributed by atoms with van der Waals surface area (Å²) in [4.78, 5) is 4.03. The van der Waals surface area contributed by atoms with Gasteiger partial charge in [0.2, 0.25) is 10.0 Å². The molecule has 1 aromatic heterocycles. The fourth-order valence-electron chi connectivity index (χ4n) is 1.81. The summed E-state index contributed by atoms with van der Waals surface area (Å²) in [6.45, 7) is 3.57. The molecule has 0 aliphatic carbocycles. The highest BCUT2D eigenvalue weighted by Gasteiger charge is 2.16. The first kappa shape index (κ1) is 14.6. The lowest BCUT2D eigenvalue weighted by Crippen LogP contribution is -2.24. The fourth-order valence-corrected chi connectivity index (χ4v) is 2.91. The second-order valence-corrected chi connectivity index (χ2v) is 6.32. The minimum atomic E-state index is -3.75. The third-order valence-corrected chi connectivity index (χ3v) is 4.25. The van der Waals surface area contributed by atoms with Crippen LogP contribution >= 0.6 is 0 Å². The molecule has 0 saturated carbocycles. The number of rotatable bonds is 4. The monoisotopic (exact) mass is 294 g/mol. The van der Waals surface area contributed by atoms with Crippen molar-refractivity contribution in [3.8, 4) is 0 Å². The van der Waals surface area contributed by atoms with E-state index in [1.807, 2.05) is 13.0 Å². The normalized spacial score (nSPS) is 11.6. The Morgan fingerprint density at radius 2 is 2.00 bits per heavy atom. The molecular weight excluding hydrogens is 279 g/mol. The Morgan fingerprint density at radius 1 is 1.25 bits per heavy atom. The van der Waals surface area contributed by atoms with Crippen molar-refractivity contribution in [1.29, 1.82) is 0 Å². The number of aryl methyl sites for hydroxylation is 2. The van der Waals surface area contributed by atoms with Gasteiger partial charge in [0.1, 0.15) is 5.82 Å². The van der Waals surface area contributed by atoms with E-state index in [2.05, 4.69) is 9.71 Å². The third kappa shape index (κ3) is 3.40. The Bertz CT molecular complexity index is 709. The number of nitrogens with zero attached hydrogens (tertiary/aromatic N) is 1. The number of halogens is 1. The van der Waals surface area contributed by atoms with Crippen molar-refractivity contribution in [3.05, 3.63) is 59.2 Å². The maximum absolute atomic E-state index is 13.3. The molecule has 2 aromatic rings. The van der Waals surface area contributed by atoms with Gasteiger partial charge in [0.05, 0.1) is 17.1 Å². The van der Waals surface area contributed by atoms with Crippen molar-refractivity contribution < 1.29 is 12.8 Å². The second kappa shape index (κ2) is 5.68. The zero-order valence-corrected chi connectivity index (χ0v) is 12.0. The summed E-state index contributed by atoms with van der Waals surface area (Å²) in [5.74, 6) is -0.570. The molecule has 1 N–H and O–H groups in total. The van der Waals surface area contributed by atoms with E-state index in [4.69, 9.17) is 0 Å². The van der Waals surface area contributed by atoms with Crippen LogP contribution in [0.4, 0.5) is 4.39 Å². The van der Waals surface area contributed by atoms with E-state index in [1.165, 1.54) is 12.1 Å². The van der Waals surface area contributed by atoms with Gasteiger partial charge in [0.15, 0.2) is 0 Å². The van der Waals surface area contributed by atoms with Crippen LogP contribution in [-0.2, 0) is 16.6 Å². The number of nitrogens with one attached hydrogen (secondary N) is 1. The average Bonchev–Trinajstić information content (AvgIpc) is 2.37. The number of aromatic nitrogens is 1. The maximum Gasteiger partial charge on any atom is 0.241 e. The van der Waals surface area contributed by atoms with Crippen LogP contribution in [0.5, 0.6) is 0 Å². The lowest BCUT2D eigenvalue weighted by molar-refractivity contribution is 0.576. The first-order chi connectivity index (χ1) is 9.38. The van der Waals surface area contributed by atoms with Crippen LogP contribution in [0.15, 0.2) is 41.4 Å². The second-order valence-electron chi connectivity index (χ2n) is 4.56. The quantitative estimate of drug-likeness (QED) is 0.941. The topological polar surface area (TPSA) is 59.1 Å². The van der Waals surface area contributed by atoms with Crippen LogP contribution in [-0.4, -0.2) is 13.4 Å². The molecule has 1 aromatic carbocycles. The highest BCUT2D eigenvalue weighted by Crippen LogP contribution is 2.14. The Balaban J connectivity index is 2.22.